The van der Waals surface area contributed by atoms with E-state index in [1.807, 2.05) is 71.9 Å². The van der Waals surface area contributed by atoms with Gasteiger partial charge in [0.2, 0.25) is 5.91 Å². The van der Waals surface area contributed by atoms with Crippen LogP contribution in [0.25, 0.3) is 0 Å². The van der Waals surface area contributed by atoms with Gasteiger partial charge in [0.05, 0.1) is 17.7 Å². The van der Waals surface area contributed by atoms with Crippen molar-refractivity contribution >= 4 is 12.0 Å². The number of carboxylic acid groups (broad SMARTS) is 1. The third kappa shape index (κ3) is 8.19. The zero-order valence-corrected chi connectivity index (χ0v) is 24.5. The van der Waals surface area contributed by atoms with Crippen LogP contribution in [0.5, 0.6) is 0 Å². The van der Waals surface area contributed by atoms with Crippen molar-refractivity contribution in [3.8, 4) is 0 Å². The van der Waals surface area contributed by atoms with E-state index >= 15 is 0 Å². The van der Waals surface area contributed by atoms with Gasteiger partial charge in [0.1, 0.15) is 6.09 Å². The van der Waals surface area contributed by atoms with Crippen LogP contribution in [0.3, 0.4) is 0 Å². The van der Waals surface area contributed by atoms with Crippen molar-refractivity contribution in [1.82, 2.24) is 15.1 Å². The minimum Gasteiger partial charge on any atom is -0.530 e. The van der Waals surface area contributed by atoms with Gasteiger partial charge in [-0.15, -0.1) is 0 Å². The number of rotatable bonds is 8. The molecule has 1 aromatic carbocycles. The first-order chi connectivity index (χ1) is 17.7. The highest BCUT2D eigenvalue weighted by atomic mass is 16.4. The quantitative estimate of drug-likeness (QED) is 0.529. The van der Waals surface area contributed by atoms with Crippen molar-refractivity contribution in [1.29, 1.82) is 0 Å². The summed E-state index contributed by atoms with van der Waals surface area (Å²) in [6.07, 6.45) is 6.83. The first-order valence-corrected chi connectivity index (χ1v) is 14.5. The summed E-state index contributed by atoms with van der Waals surface area (Å²) in [5.74, 6) is 0.598. The monoisotopic (exact) mass is 528 g/mol. The van der Waals surface area contributed by atoms with Gasteiger partial charge in [-0.3, -0.25) is 9.69 Å². The topological polar surface area (TPSA) is 95.9 Å². The molecule has 0 aromatic heterocycles. The average molecular weight is 529 g/mol. The lowest BCUT2D eigenvalue weighted by Gasteiger charge is -2.53. The Labute approximate surface area is 230 Å². The number of carbonyl (C=O) groups excluding carboxylic acids is 2. The summed E-state index contributed by atoms with van der Waals surface area (Å²) in [6, 6.07) is 8.84. The number of piperidine rings is 1. The first-order valence-electron chi connectivity index (χ1n) is 14.5. The normalized spacial score (nSPS) is 20.9. The molecule has 0 radical (unpaired) electrons. The molecule has 7 heteroatoms. The number of hydrogen-bond acceptors (Lipinski definition) is 5. The van der Waals surface area contributed by atoms with E-state index in [2.05, 4.69) is 10.2 Å². The Morgan fingerprint density at radius 2 is 1.63 bits per heavy atom. The van der Waals surface area contributed by atoms with Gasteiger partial charge in [0, 0.05) is 24.2 Å². The number of aliphatic hydroxyl groups is 1. The summed E-state index contributed by atoms with van der Waals surface area (Å²) >= 11 is 0. The van der Waals surface area contributed by atoms with Gasteiger partial charge in [-0.05, 0) is 78.7 Å². The van der Waals surface area contributed by atoms with Gasteiger partial charge in [0.25, 0.3) is 0 Å². The maximum absolute atomic E-state index is 13.5. The molecule has 0 bridgehead atoms. The molecule has 1 aliphatic carbocycles. The lowest BCUT2D eigenvalue weighted by molar-refractivity contribution is -0.279. The van der Waals surface area contributed by atoms with Crippen LogP contribution in [-0.4, -0.2) is 68.8 Å². The predicted octanol–water partition coefficient (Wildman–Crippen LogP) is 4.12. The van der Waals surface area contributed by atoms with Gasteiger partial charge < -0.3 is 25.2 Å². The molecular formula is C31H50N3O4-. The van der Waals surface area contributed by atoms with Crippen LogP contribution in [0, 0.1) is 5.92 Å². The Bertz CT molecular complexity index is 907. The SMILES string of the molecule is CC(C)(C)NC(=O)[C@H](CC1CCCCC1)N1CCC(O)([C@H](Cc2ccccc2)N(C(=O)[O-])C(C)(C)C)CC1. The summed E-state index contributed by atoms with van der Waals surface area (Å²) in [6.45, 7) is 12.6. The van der Waals surface area contributed by atoms with Gasteiger partial charge in [-0.2, -0.15) is 0 Å². The molecule has 7 nitrogen and oxygen atoms in total. The van der Waals surface area contributed by atoms with Crippen LogP contribution in [0.2, 0.25) is 0 Å². The minimum atomic E-state index is -1.27. The largest absolute Gasteiger partial charge is 0.530 e. The van der Waals surface area contributed by atoms with Crippen molar-refractivity contribution in [2.24, 2.45) is 5.92 Å². The van der Waals surface area contributed by atoms with Gasteiger partial charge in [-0.25, -0.2) is 0 Å². The predicted molar refractivity (Wildman–Crippen MR) is 150 cm³/mol. The minimum absolute atomic E-state index is 0.0559. The van der Waals surface area contributed by atoms with Crippen LogP contribution in [0.15, 0.2) is 30.3 Å². The van der Waals surface area contributed by atoms with E-state index in [1.165, 1.54) is 37.0 Å². The molecule has 2 fully saturated rings. The fraction of sp³-hybridized carbons (Fsp3) is 0.742. The van der Waals surface area contributed by atoms with E-state index in [4.69, 9.17) is 0 Å². The molecule has 2 amide bonds. The Balaban J connectivity index is 1.83. The molecule has 38 heavy (non-hydrogen) atoms. The second-order valence-electron chi connectivity index (χ2n) is 13.6. The maximum Gasteiger partial charge on any atom is 0.237 e. The molecular weight excluding hydrogens is 478 g/mol. The van der Waals surface area contributed by atoms with E-state index in [-0.39, 0.29) is 17.5 Å². The third-order valence-electron chi connectivity index (χ3n) is 8.31. The number of carbonyl (C=O) groups is 2. The summed E-state index contributed by atoms with van der Waals surface area (Å²) in [4.78, 5) is 29.5. The fourth-order valence-electron chi connectivity index (χ4n) is 6.40. The standard InChI is InChI=1S/C31H51N3O4/c1-29(2,3)32-27(35)25(21-23-13-9-7-10-14-23)33-19-17-31(38,18-20-33)26(22-24-15-11-8-12-16-24)34(28(36)37)30(4,5)6/h8,11-12,15-16,23,25-26,38H,7,9-10,13-14,17-22H2,1-6H3,(H,32,35)(H,36,37)/p-1/t25-,26-/m0/s1. The van der Waals surface area contributed by atoms with Gasteiger partial charge in [0.15, 0.2) is 0 Å². The Hall–Kier alpha value is -2.12. The fourth-order valence-corrected chi connectivity index (χ4v) is 6.40. The number of benzene rings is 1. The number of nitrogens with one attached hydrogen (secondary N) is 1. The van der Waals surface area contributed by atoms with Gasteiger partial charge >= 0.3 is 0 Å². The molecule has 1 heterocycles. The first kappa shape index (κ1) is 30.4. The molecule has 2 aliphatic rings. The van der Waals surface area contributed by atoms with E-state index in [0.717, 1.165) is 12.0 Å². The number of hydrogen-bond donors (Lipinski definition) is 2. The Kier molecular flexibility index (Phi) is 9.91. The van der Waals surface area contributed by atoms with Crippen LogP contribution >= 0.6 is 0 Å². The van der Waals surface area contributed by atoms with Crippen molar-refractivity contribution in [2.45, 2.75) is 128 Å². The Morgan fingerprint density at radius 3 is 2.13 bits per heavy atom. The van der Waals surface area contributed by atoms with Gasteiger partial charge in [-0.1, -0.05) is 62.4 Å². The zero-order chi connectivity index (χ0) is 28.1. The van der Waals surface area contributed by atoms with E-state index < -0.39 is 23.3 Å². The Morgan fingerprint density at radius 1 is 1.05 bits per heavy atom. The molecule has 0 unspecified atom stereocenters. The van der Waals surface area contributed by atoms with Crippen molar-refractivity contribution in [3.05, 3.63) is 35.9 Å². The highest BCUT2D eigenvalue weighted by Gasteiger charge is 2.47. The maximum atomic E-state index is 13.5. The molecule has 2 N–H and O–H groups in total. The summed E-state index contributed by atoms with van der Waals surface area (Å²) < 4.78 is 0. The lowest BCUT2D eigenvalue weighted by atomic mass is 9.78. The molecule has 214 valence electrons. The number of likely N-dealkylation sites (tertiary alicyclic amines) is 1. The highest BCUT2D eigenvalue weighted by Crippen LogP contribution is 2.36. The van der Waals surface area contributed by atoms with E-state index in [0.29, 0.717) is 38.3 Å². The summed E-state index contributed by atoms with van der Waals surface area (Å²) in [5, 5.41) is 27.7. The summed E-state index contributed by atoms with van der Waals surface area (Å²) in [5.41, 5.74) is -1.30. The second-order valence-corrected chi connectivity index (χ2v) is 13.6. The lowest BCUT2D eigenvalue weighted by Crippen LogP contribution is -2.67. The molecule has 1 aromatic rings. The molecule has 0 spiro atoms. The number of nitrogens with zero attached hydrogens (tertiary/aromatic N) is 2. The zero-order valence-electron chi connectivity index (χ0n) is 24.5. The van der Waals surface area contributed by atoms with E-state index in [1.54, 1.807) is 0 Å². The summed E-state index contributed by atoms with van der Waals surface area (Å²) in [7, 11) is 0. The number of amides is 2. The highest BCUT2D eigenvalue weighted by molar-refractivity contribution is 5.82. The molecule has 3 rings (SSSR count). The van der Waals surface area contributed by atoms with Crippen molar-refractivity contribution in [2.75, 3.05) is 13.1 Å². The van der Waals surface area contributed by atoms with Crippen LogP contribution in [0.1, 0.15) is 98.5 Å². The second kappa shape index (κ2) is 12.4. The molecule has 1 saturated carbocycles. The van der Waals surface area contributed by atoms with Crippen molar-refractivity contribution in [3.63, 3.8) is 0 Å². The van der Waals surface area contributed by atoms with E-state index in [9.17, 15) is 19.8 Å². The third-order valence-corrected chi connectivity index (χ3v) is 8.31. The molecule has 2 atom stereocenters. The molecule has 1 aliphatic heterocycles. The molecule has 1 saturated heterocycles. The van der Waals surface area contributed by atoms with Crippen LogP contribution in [0.4, 0.5) is 4.79 Å². The van der Waals surface area contributed by atoms with Crippen LogP contribution < -0.4 is 10.4 Å². The van der Waals surface area contributed by atoms with Crippen molar-refractivity contribution < 1.29 is 19.8 Å². The average Bonchev–Trinajstić information content (AvgIpc) is 2.82. The van der Waals surface area contributed by atoms with Crippen LogP contribution in [-0.2, 0) is 11.2 Å². The smallest absolute Gasteiger partial charge is 0.237 e.